The van der Waals surface area contributed by atoms with Crippen LogP contribution in [-0.4, -0.2) is 4.98 Å². The normalized spacial score (nSPS) is 12.3. The van der Waals surface area contributed by atoms with Crippen LogP contribution in [0.3, 0.4) is 0 Å². The first-order valence-electron chi connectivity index (χ1n) is 13.4. The largest absolute Gasteiger partial charge is 0.453 e. The summed E-state index contributed by atoms with van der Waals surface area (Å²) in [5.41, 5.74) is 10.6. The predicted octanol–water partition coefficient (Wildman–Crippen LogP) is 10.2. The third kappa shape index (κ3) is 3.57. The van der Waals surface area contributed by atoms with Crippen molar-refractivity contribution in [2.75, 3.05) is 4.90 Å². The number of benzene rings is 5. The maximum absolute atomic E-state index is 6.17. The number of hydrogen-bond donors (Lipinski definition) is 0. The molecule has 0 amide bonds. The molecular formula is C36H24N2O2. The first kappa shape index (κ1) is 22.6. The fraction of sp³-hybridized carbons (Fsp3) is 0.0278. The number of aromatic nitrogens is 1. The molecule has 0 bridgehead atoms. The van der Waals surface area contributed by atoms with Crippen molar-refractivity contribution in [3.63, 3.8) is 0 Å². The van der Waals surface area contributed by atoms with E-state index in [-0.39, 0.29) is 0 Å². The van der Waals surface area contributed by atoms with Crippen molar-refractivity contribution in [1.29, 1.82) is 0 Å². The van der Waals surface area contributed by atoms with Crippen LogP contribution in [0.4, 0.5) is 17.1 Å². The van der Waals surface area contributed by atoms with Crippen LogP contribution < -0.4 is 9.64 Å². The Balaban J connectivity index is 1.13. The highest BCUT2D eigenvalue weighted by atomic mass is 16.5. The molecule has 0 aliphatic carbocycles. The van der Waals surface area contributed by atoms with E-state index in [0.717, 1.165) is 50.5 Å². The highest BCUT2D eigenvalue weighted by Crippen LogP contribution is 2.50. The van der Waals surface area contributed by atoms with E-state index in [0.29, 0.717) is 5.71 Å². The van der Waals surface area contributed by atoms with Crippen LogP contribution in [0.15, 0.2) is 132 Å². The Labute approximate surface area is 231 Å². The topological polar surface area (TPSA) is 38.5 Å². The molecule has 0 saturated carbocycles. The number of nitrogens with zero attached hydrogens (tertiary/aromatic N) is 2. The second kappa shape index (κ2) is 8.85. The van der Waals surface area contributed by atoms with Gasteiger partial charge in [-0.15, -0.1) is 0 Å². The van der Waals surface area contributed by atoms with Crippen molar-refractivity contribution < 1.29 is 9.15 Å². The van der Waals surface area contributed by atoms with Crippen molar-refractivity contribution >= 4 is 39.1 Å². The van der Waals surface area contributed by atoms with Crippen LogP contribution in [-0.2, 0) is 0 Å². The van der Waals surface area contributed by atoms with Crippen molar-refractivity contribution in [1.82, 2.24) is 4.98 Å². The zero-order valence-electron chi connectivity index (χ0n) is 21.8. The molecule has 1 aliphatic rings. The highest BCUT2D eigenvalue weighted by molar-refractivity contribution is 6.04. The lowest BCUT2D eigenvalue weighted by Crippen LogP contribution is -2.15. The average Bonchev–Trinajstić information content (AvgIpc) is 3.38. The standard InChI is InChI=1S/C36H24N2O2/c1-23-21-25(14-18-28(23)26-15-19-29-30-7-6-20-37-36(30)40-35(29)22-26)24-12-16-27(17-13-24)38-31-8-2-4-10-33(31)39-34-11-5-3-9-32(34)38/h2-22H,1H3. The summed E-state index contributed by atoms with van der Waals surface area (Å²) in [7, 11) is 0. The van der Waals surface area contributed by atoms with E-state index >= 15 is 0 Å². The van der Waals surface area contributed by atoms with E-state index in [1.807, 2.05) is 42.5 Å². The molecule has 4 heteroatoms. The smallest absolute Gasteiger partial charge is 0.227 e. The molecule has 2 aromatic heterocycles. The molecule has 4 nitrogen and oxygen atoms in total. The van der Waals surface area contributed by atoms with Crippen LogP contribution >= 0.6 is 0 Å². The molecule has 0 spiro atoms. The molecule has 0 atom stereocenters. The summed E-state index contributed by atoms with van der Waals surface area (Å²) in [5, 5.41) is 2.13. The fourth-order valence-electron chi connectivity index (χ4n) is 5.73. The summed E-state index contributed by atoms with van der Waals surface area (Å²) in [6, 6.07) is 42.1. The Morgan fingerprint density at radius 3 is 2.05 bits per heavy atom. The van der Waals surface area contributed by atoms with E-state index in [2.05, 4.69) is 95.7 Å². The molecule has 0 saturated heterocycles. The molecule has 8 rings (SSSR count). The van der Waals surface area contributed by atoms with Gasteiger partial charge in [-0.1, -0.05) is 60.7 Å². The summed E-state index contributed by atoms with van der Waals surface area (Å²) in [6.45, 7) is 2.17. The van der Waals surface area contributed by atoms with Crippen LogP contribution in [0, 0.1) is 6.92 Å². The van der Waals surface area contributed by atoms with Crippen molar-refractivity contribution in [2.24, 2.45) is 0 Å². The van der Waals surface area contributed by atoms with E-state index in [1.54, 1.807) is 6.20 Å². The van der Waals surface area contributed by atoms with Gasteiger partial charge in [0.25, 0.3) is 0 Å². The summed E-state index contributed by atoms with van der Waals surface area (Å²) in [5.74, 6) is 1.71. The number of pyridine rings is 1. The van der Waals surface area contributed by atoms with Gasteiger partial charge in [-0.25, -0.2) is 4.98 Å². The SMILES string of the molecule is Cc1cc(-c2ccc(N3c4ccccc4Oc4ccccc43)cc2)ccc1-c1ccc2c(c1)oc1ncccc12. The lowest BCUT2D eigenvalue weighted by molar-refractivity contribution is 0.477. The van der Waals surface area contributed by atoms with Crippen LogP contribution in [0.5, 0.6) is 11.5 Å². The quantitative estimate of drug-likeness (QED) is 0.234. The first-order chi connectivity index (χ1) is 19.7. The lowest BCUT2D eigenvalue weighted by atomic mass is 9.95. The number of ether oxygens (including phenoxy) is 1. The summed E-state index contributed by atoms with van der Waals surface area (Å²) in [4.78, 5) is 6.63. The minimum absolute atomic E-state index is 0.675. The molecule has 5 aromatic carbocycles. The van der Waals surface area contributed by atoms with Gasteiger partial charge in [0.05, 0.1) is 11.4 Å². The van der Waals surface area contributed by atoms with Gasteiger partial charge >= 0.3 is 0 Å². The second-order valence-corrected chi connectivity index (χ2v) is 10.1. The zero-order valence-corrected chi connectivity index (χ0v) is 21.8. The molecule has 7 aromatic rings. The molecule has 190 valence electrons. The van der Waals surface area contributed by atoms with E-state index < -0.39 is 0 Å². The molecule has 0 N–H and O–H groups in total. The maximum atomic E-state index is 6.17. The molecule has 1 aliphatic heterocycles. The summed E-state index contributed by atoms with van der Waals surface area (Å²) in [6.07, 6.45) is 1.76. The molecule has 3 heterocycles. The van der Waals surface area contributed by atoms with Gasteiger partial charge in [0.2, 0.25) is 5.71 Å². The predicted molar refractivity (Wildman–Crippen MR) is 162 cm³/mol. The molecular weight excluding hydrogens is 492 g/mol. The van der Waals surface area contributed by atoms with Gasteiger partial charge in [0.1, 0.15) is 5.58 Å². The monoisotopic (exact) mass is 516 g/mol. The van der Waals surface area contributed by atoms with Gasteiger partial charge in [-0.2, -0.15) is 0 Å². The van der Waals surface area contributed by atoms with E-state index in [1.165, 1.54) is 22.3 Å². The fourth-order valence-corrected chi connectivity index (χ4v) is 5.73. The number of rotatable bonds is 3. The minimum Gasteiger partial charge on any atom is -0.453 e. The Morgan fingerprint density at radius 1 is 0.600 bits per heavy atom. The number of aryl methyl sites for hydroxylation is 1. The number of furan rings is 1. The second-order valence-electron chi connectivity index (χ2n) is 10.1. The van der Waals surface area contributed by atoms with Crippen LogP contribution in [0.25, 0.3) is 44.3 Å². The Bertz CT molecular complexity index is 2010. The number of fused-ring (bicyclic) bond motifs is 5. The highest BCUT2D eigenvalue weighted by Gasteiger charge is 2.25. The zero-order chi connectivity index (χ0) is 26.6. The average molecular weight is 517 g/mol. The molecule has 0 unspecified atom stereocenters. The Morgan fingerprint density at radius 2 is 1.30 bits per heavy atom. The van der Waals surface area contributed by atoms with Gasteiger partial charge in [0.15, 0.2) is 11.5 Å². The van der Waals surface area contributed by atoms with Crippen molar-refractivity contribution in [2.45, 2.75) is 6.92 Å². The first-order valence-corrected chi connectivity index (χ1v) is 13.4. The third-order valence-corrected chi connectivity index (χ3v) is 7.68. The molecule has 0 radical (unpaired) electrons. The van der Waals surface area contributed by atoms with Crippen molar-refractivity contribution in [3.8, 4) is 33.8 Å². The maximum Gasteiger partial charge on any atom is 0.227 e. The van der Waals surface area contributed by atoms with Crippen LogP contribution in [0.1, 0.15) is 5.56 Å². The molecule has 40 heavy (non-hydrogen) atoms. The van der Waals surface area contributed by atoms with Gasteiger partial charge in [-0.3, -0.25) is 0 Å². The number of hydrogen-bond acceptors (Lipinski definition) is 4. The Kier molecular flexibility index (Phi) is 5.01. The third-order valence-electron chi connectivity index (χ3n) is 7.68. The number of anilines is 3. The van der Waals surface area contributed by atoms with Gasteiger partial charge in [-0.05, 0) is 95.4 Å². The van der Waals surface area contributed by atoms with Crippen LogP contribution in [0.2, 0.25) is 0 Å². The van der Waals surface area contributed by atoms with E-state index in [4.69, 9.17) is 9.15 Å². The molecule has 0 fully saturated rings. The number of para-hydroxylation sites is 4. The Hall–Kier alpha value is -5.35. The lowest BCUT2D eigenvalue weighted by Gasteiger charge is -2.32. The van der Waals surface area contributed by atoms with Gasteiger partial charge < -0.3 is 14.1 Å². The minimum atomic E-state index is 0.675. The van der Waals surface area contributed by atoms with E-state index in [9.17, 15) is 0 Å². The summed E-state index contributed by atoms with van der Waals surface area (Å²) >= 11 is 0. The summed E-state index contributed by atoms with van der Waals surface area (Å²) < 4.78 is 12.2. The van der Waals surface area contributed by atoms with Crippen molar-refractivity contribution in [3.05, 3.63) is 133 Å². The van der Waals surface area contributed by atoms with Gasteiger partial charge in [0, 0.05) is 22.7 Å².